The number of carbonyl (C=O) groups is 5. The Hall–Kier alpha value is -1.85. The van der Waals surface area contributed by atoms with Crippen LogP contribution in [0.15, 0.2) is 0 Å². The molecule has 0 saturated carbocycles. The number of alkyl halides is 2. The summed E-state index contributed by atoms with van der Waals surface area (Å²) < 4.78 is 20.9. The average molecular weight is 705 g/mol. The van der Waals surface area contributed by atoms with Crippen molar-refractivity contribution in [1.29, 1.82) is 0 Å². The lowest BCUT2D eigenvalue weighted by molar-refractivity contribution is -0.134. The Morgan fingerprint density at radius 2 is 1.00 bits per heavy atom. The van der Waals surface area contributed by atoms with Crippen LogP contribution in [0.1, 0.15) is 19.3 Å². The first-order valence-electron chi connectivity index (χ1n) is 13.0. The van der Waals surface area contributed by atoms with Gasteiger partial charge in [-0.15, -0.1) is 0 Å². The van der Waals surface area contributed by atoms with Gasteiger partial charge in [-0.25, -0.2) is 0 Å². The second-order valence-corrected chi connectivity index (χ2v) is 9.25. The van der Waals surface area contributed by atoms with Crippen molar-refractivity contribution in [2.75, 3.05) is 103 Å². The van der Waals surface area contributed by atoms with E-state index < -0.39 is 0 Å². The largest absolute Gasteiger partial charge is 0.382 e. The number of carbonyl (C=O) groups excluding carboxylic acids is 5. The van der Waals surface area contributed by atoms with E-state index in [1.165, 1.54) is 4.90 Å². The highest BCUT2D eigenvalue weighted by Gasteiger charge is 2.15. The summed E-state index contributed by atoms with van der Waals surface area (Å²) in [6.45, 7) is 4.35. The number of ether oxygens (including phenoxy) is 4. The highest BCUT2D eigenvalue weighted by molar-refractivity contribution is 9.09. The van der Waals surface area contributed by atoms with Gasteiger partial charge in [-0.05, 0) is 0 Å². The van der Waals surface area contributed by atoms with E-state index in [0.717, 1.165) is 0 Å². The molecule has 16 heteroatoms. The van der Waals surface area contributed by atoms with E-state index in [9.17, 15) is 24.0 Å². The third kappa shape index (κ3) is 24.0. The first-order valence-corrected chi connectivity index (χ1v) is 15.3. The summed E-state index contributed by atoms with van der Waals surface area (Å²) in [5.74, 6) is -1.07. The maximum Gasteiger partial charge on any atom is 0.230 e. The number of nitrogens with one attached hydrogen (secondary N) is 4. The predicted octanol–water partition coefficient (Wildman–Crippen LogP) is -1.06. The number of rotatable bonds is 26. The van der Waals surface area contributed by atoms with Crippen LogP contribution in [0.4, 0.5) is 0 Å². The molecule has 0 bridgehead atoms. The third-order valence-electron chi connectivity index (χ3n) is 4.98. The Morgan fingerprint density at radius 1 is 0.550 bits per heavy atom. The van der Waals surface area contributed by atoms with E-state index in [4.69, 9.17) is 18.9 Å². The molecule has 14 nitrogen and oxygen atoms in total. The molecule has 0 radical (unpaired) electrons. The van der Waals surface area contributed by atoms with Crippen LogP contribution in [-0.4, -0.2) is 138 Å². The zero-order valence-electron chi connectivity index (χ0n) is 23.1. The Labute approximate surface area is 252 Å². The number of amides is 5. The van der Waals surface area contributed by atoms with Crippen LogP contribution in [-0.2, 0) is 42.9 Å². The molecule has 0 spiro atoms. The van der Waals surface area contributed by atoms with E-state index >= 15 is 0 Å². The fraction of sp³-hybridized carbons (Fsp3) is 0.792. The maximum atomic E-state index is 12.6. The second-order valence-electron chi connectivity index (χ2n) is 8.13. The topological polar surface area (TPSA) is 174 Å². The molecule has 4 N–H and O–H groups in total. The molecule has 0 aromatic rings. The molecule has 0 aromatic heterocycles. The predicted molar refractivity (Wildman–Crippen MR) is 154 cm³/mol. The zero-order valence-corrected chi connectivity index (χ0v) is 26.3. The van der Waals surface area contributed by atoms with Crippen LogP contribution in [0, 0.1) is 0 Å². The molecule has 0 saturated heterocycles. The molecule has 0 aromatic carbocycles. The molecule has 0 unspecified atom stereocenters. The van der Waals surface area contributed by atoms with Gasteiger partial charge in [0.1, 0.15) is 0 Å². The van der Waals surface area contributed by atoms with Crippen LogP contribution in [0.25, 0.3) is 0 Å². The Morgan fingerprint density at radius 3 is 1.50 bits per heavy atom. The van der Waals surface area contributed by atoms with Gasteiger partial charge in [0, 0.05) is 65.6 Å². The fourth-order valence-corrected chi connectivity index (χ4v) is 3.32. The molecule has 0 aliphatic carbocycles. The van der Waals surface area contributed by atoms with Gasteiger partial charge in [0.2, 0.25) is 29.5 Å². The van der Waals surface area contributed by atoms with Crippen molar-refractivity contribution in [3.63, 3.8) is 0 Å². The Balaban J connectivity index is 3.93. The summed E-state index contributed by atoms with van der Waals surface area (Å²) >= 11 is 6.11. The van der Waals surface area contributed by atoms with Crippen LogP contribution in [0.2, 0.25) is 0 Å². The minimum absolute atomic E-state index is 0.00130. The molecule has 0 rings (SSSR count). The third-order valence-corrected chi connectivity index (χ3v) is 6.00. The summed E-state index contributed by atoms with van der Waals surface area (Å²) in [5, 5.41) is 11.1. The lowest BCUT2D eigenvalue weighted by Crippen LogP contribution is -2.43. The molecule has 5 amide bonds. The molecule has 232 valence electrons. The molecule has 0 aliphatic heterocycles. The maximum absolute atomic E-state index is 12.6. The van der Waals surface area contributed by atoms with Crippen molar-refractivity contribution < 1.29 is 42.9 Å². The van der Waals surface area contributed by atoms with Crippen LogP contribution in [0.5, 0.6) is 0 Å². The van der Waals surface area contributed by atoms with Gasteiger partial charge in [0.05, 0.1) is 56.9 Å². The van der Waals surface area contributed by atoms with Crippen molar-refractivity contribution >= 4 is 61.4 Å². The highest BCUT2D eigenvalue weighted by atomic mass is 79.9. The van der Waals surface area contributed by atoms with E-state index in [-0.39, 0.29) is 105 Å². The van der Waals surface area contributed by atoms with E-state index in [1.54, 1.807) is 7.11 Å². The molecule has 0 heterocycles. The molecule has 0 fully saturated rings. The lowest BCUT2D eigenvalue weighted by Gasteiger charge is -2.23. The lowest BCUT2D eigenvalue weighted by atomic mass is 10.2. The quantitative estimate of drug-likeness (QED) is 0.0647. The van der Waals surface area contributed by atoms with Gasteiger partial charge in [-0.1, -0.05) is 31.9 Å². The summed E-state index contributed by atoms with van der Waals surface area (Å²) in [7, 11) is 1.59. The first-order chi connectivity index (χ1) is 19.3. The second kappa shape index (κ2) is 27.3. The molecule has 0 aliphatic rings. The van der Waals surface area contributed by atoms with Gasteiger partial charge < -0.3 is 45.1 Å². The highest BCUT2D eigenvalue weighted by Crippen LogP contribution is 1.99. The van der Waals surface area contributed by atoms with Gasteiger partial charge in [0.25, 0.3) is 0 Å². The Bertz CT molecular complexity index is 713. The molecule has 40 heavy (non-hydrogen) atoms. The number of hydrogen-bond acceptors (Lipinski definition) is 9. The summed E-state index contributed by atoms with van der Waals surface area (Å²) in [6.07, 6.45) is 0.232. The molecule has 0 atom stereocenters. The number of methoxy groups -OCH3 is 1. The van der Waals surface area contributed by atoms with Gasteiger partial charge in [0.15, 0.2) is 0 Å². The van der Waals surface area contributed by atoms with Crippen molar-refractivity contribution in [1.82, 2.24) is 26.2 Å². The van der Waals surface area contributed by atoms with Gasteiger partial charge in [-0.2, -0.15) is 0 Å². The van der Waals surface area contributed by atoms with Crippen LogP contribution < -0.4 is 21.3 Å². The van der Waals surface area contributed by atoms with Crippen molar-refractivity contribution in [3.8, 4) is 0 Å². The molecular weight excluding hydrogens is 662 g/mol. The van der Waals surface area contributed by atoms with E-state index in [0.29, 0.717) is 39.6 Å². The van der Waals surface area contributed by atoms with Gasteiger partial charge >= 0.3 is 0 Å². The van der Waals surface area contributed by atoms with Crippen LogP contribution >= 0.6 is 31.9 Å². The van der Waals surface area contributed by atoms with E-state index in [2.05, 4.69) is 53.1 Å². The SMILES string of the molecule is COCCOCCNC(=O)CCOCCOCCNC(=O)CCC(=O)N(CCNC(=O)CBr)CCNC(=O)CBr. The van der Waals surface area contributed by atoms with Crippen molar-refractivity contribution in [2.24, 2.45) is 0 Å². The van der Waals surface area contributed by atoms with Crippen molar-refractivity contribution in [3.05, 3.63) is 0 Å². The smallest absolute Gasteiger partial charge is 0.230 e. The van der Waals surface area contributed by atoms with Crippen LogP contribution in [0.3, 0.4) is 0 Å². The van der Waals surface area contributed by atoms with Gasteiger partial charge in [-0.3, -0.25) is 24.0 Å². The standard InChI is InChI=1S/C24H43Br2N5O9/c1-37-14-15-39-12-8-30-21(33)4-11-38-16-17-40-13-7-29-20(32)2-3-24(36)31(9-5-27-22(34)18-25)10-6-28-23(35)19-26/h2-19H2,1H3,(H,27,34)(H,28,35)(H,29,32)(H,30,33). The van der Waals surface area contributed by atoms with E-state index in [1.807, 2.05) is 0 Å². The fourth-order valence-electron chi connectivity index (χ4n) is 2.93. The monoisotopic (exact) mass is 703 g/mol. The van der Waals surface area contributed by atoms with Crippen molar-refractivity contribution in [2.45, 2.75) is 19.3 Å². The summed E-state index contributed by atoms with van der Waals surface area (Å²) in [4.78, 5) is 60.7. The summed E-state index contributed by atoms with van der Waals surface area (Å²) in [5.41, 5.74) is 0. The Kier molecular flexibility index (Phi) is 26.1. The zero-order chi connectivity index (χ0) is 29.8. The first kappa shape index (κ1) is 38.1. The number of halogens is 2. The summed E-state index contributed by atoms with van der Waals surface area (Å²) in [6, 6.07) is 0. The minimum atomic E-state index is -0.288. The number of nitrogens with zero attached hydrogens (tertiary/aromatic N) is 1. The number of hydrogen-bond donors (Lipinski definition) is 4. The minimum Gasteiger partial charge on any atom is -0.382 e. The molecular formula is C24H43Br2N5O9. The normalized spacial score (nSPS) is 10.6. The average Bonchev–Trinajstić information content (AvgIpc) is 2.95.